The van der Waals surface area contributed by atoms with Crippen LogP contribution >= 0.6 is 0 Å². The second-order valence-electron chi connectivity index (χ2n) is 5.57. The first-order valence-corrected chi connectivity index (χ1v) is 8.19. The van der Waals surface area contributed by atoms with Crippen molar-refractivity contribution in [1.82, 2.24) is 5.32 Å². The molecule has 0 spiro atoms. The van der Waals surface area contributed by atoms with Crippen LogP contribution in [0.5, 0.6) is 0 Å². The van der Waals surface area contributed by atoms with E-state index in [2.05, 4.69) is 41.8 Å². The van der Waals surface area contributed by atoms with Crippen LogP contribution in [0, 0.1) is 0 Å². The Morgan fingerprint density at radius 1 is 0.952 bits per heavy atom. The molecule has 118 valence electrons. The van der Waals surface area contributed by atoms with Gasteiger partial charge in [0.2, 0.25) is 0 Å². The van der Waals surface area contributed by atoms with Crippen molar-refractivity contribution in [2.75, 3.05) is 6.54 Å². The van der Waals surface area contributed by atoms with E-state index in [1.54, 1.807) is 0 Å². The summed E-state index contributed by atoms with van der Waals surface area (Å²) in [6, 6.07) is 0.0556. The molecule has 1 unspecified atom stereocenters. The molecule has 0 saturated carbocycles. The number of allylic oxidation sites excluding steroid dienone is 5. The maximum absolute atomic E-state index is 10.9. The van der Waals surface area contributed by atoms with Gasteiger partial charge in [0, 0.05) is 6.04 Å². The van der Waals surface area contributed by atoms with Crippen LogP contribution in [0.4, 0.5) is 0 Å². The van der Waals surface area contributed by atoms with Crippen LogP contribution < -0.4 is 5.32 Å². The third kappa shape index (κ3) is 11.0. The van der Waals surface area contributed by atoms with E-state index in [1.165, 1.54) is 25.7 Å². The molecule has 21 heavy (non-hydrogen) atoms. The van der Waals surface area contributed by atoms with Gasteiger partial charge in [-0.05, 0) is 45.1 Å². The molecule has 3 heteroatoms. The van der Waals surface area contributed by atoms with Gasteiger partial charge in [0.15, 0.2) is 0 Å². The number of hydrogen-bond acceptors (Lipinski definition) is 2. The predicted octanol–water partition coefficient (Wildman–Crippen LogP) is 4.22. The van der Waals surface area contributed by atoms with E-state index in [0.29, 0.717) is 0 Å². The minimum atomic E-state index is -0.724. The second-order valence-corrected chi connectivity index (χ2v) is 5.57. The average molecular weight is 291 g/mol. The van der Waals surface area contributed by atoms with Crippen molar-refractivity contribution in [3.63, 3.8) is 0 Å². The summed E-state index contributed by atoms with van der Waals surface area (Å²) in [6.45, 7) is 0.918. The van der Waals surface area contributed by atoms with Crippen LogP contribution in [0.2, 0.25) is 0 Å². The highest BCUT2D eigenvalue weighted by atomic mass is 16.4. The minimum Gasteiger partial charge on any atom is -0.481 e. The first-order chi connectivity index (χ1) is 10.3. The Labute approximate surface area is 128 Å². The Morgan fingerprint density at radius 2 is 1.62 bits per heavy atom. The van der Waals surface area contributed by atoms with Crippen LogP contribution in [0.15, 0.2) is 36.5 Å². The first-order valence-electron chi connectivity index (χ1n) is 8.19. The van der Waals surface area contributed by atoms with E-state index in [0.717, 1.165) is 32.2 Å². The molecule has 0 saturated heterocycles. The van der Waals surface area contributed by atoms with Crippen LogP contribution in [-0.2, 0) is 4.79 Å². The van der Waals surface area contributed by atoms with E-state index >= 15 is 0 Å². The predicted molar refractivity (Wildman–Crippen MR) is 88.4 cm³/mol. The first kappa shape index (κ1) is 17.7. The van der Waals surface area contributed by atoms with Crippen molar-refractivity contribution in [3.05, 3.63) is 36.5 Å². The van der Waals surface area contributed by atoms with E-state index < -0.39 is 5.97 Å². The third-order valence-corrected chi connectivity index (χ3v) is 3.62. The molecule has 1 aliphatic heterocycles. The molecule has 0 aromatic carbocycles. The maximum Gasteiger partial charge on any atom is 0.304 e. The number of rotatable bonds is 2. The number of aliphatic carboxylic acids is 1. The van der Waals surface area contributed by atoms with Crippen molar-refractivity contribution < 1.29 is 9.90 Å². The summed E-state index contributed by atoms with van der Waals surface area (Å²) < 4.78 is 0. The van der Waals surface area contributed by atoms with Gasteiger partial charge in [-0.15, -0.1) is 0 Å². The van der Waals surface area contributed by atoms with E-state index in [4.69, 9.17) is 5.11 Å². The molecule has 2 N–H and O–H groups in total. The topological polar surface area (TPSA) is 49.3 Å². The highest BCUT2D eigenvalue weighted by Crippen LogP contribution is 2.06. The molecule has 3 nitrogen and oxygen atoms in total. The second kappa shape index (κ2) is 12.4. The van der Waals surface area contributed by atoms with Gasteiger partial charge in [-0.3, -0.25) is 4.79 Å². The number of carboxylic acid groups (broad SMARTS) is 1. The Morgan fingerprint density at radius 3 is 2.38 bits per heavy atom. The van der Waals surface area contributed by atoms with Gasteiger partial charge in [0.25, 0.3) is 0 Å². The van der Waals surface area contributed by atoms with Crippen molar-refractivity contribution in [2.24, 2.45) is 0 Å². The Kier molecular flexibility index (Phi) is 10.4. The molecule has 0 radical (unpaired) electrons. The van der Waals surface area contributed by atoms with Gasteiger partial charge in [0.05, 0.1) is 6.42 Å². The molecular weight excluding hydrogens is 262 g/mol. The molecule has 1 aliphatic rings. The molecule has 0 aliphatic carbocycles. The number of carbonyl (C=O) groups is 1. The fourth-order valence-corrected chi connectivity index (χ4v) is 2.42. The maximum atomic E-state index is 10.9. The Hall–Kier alpha value is -1.35. The molecule has 0 aromatic heterocycles. The fourth-order valence-electron chi connectivity index (χ4n) is 2.42. The van der Waals surface area contributed by atoms with Crippen LogP contribution in [0.3, 0.4) is 0 Å². The zero-order chi connectivity index (χ0) is 15.2. The molecule has 0 aromatic rings. The summed E-state index contributed by atoms with van der Waals surface area (Å²) in [5, 5.41) is 12.3. The van der Waals surface area contributed by atoms with E-state index in [9.17, 15) is 4.79 Å². The molecule has 0 amide bonds. The molecule has 1 rings (SSSR count). The Balaban J connectivity index is 2.44. The lowest BCUT2D eigenvalue weighted by molar-refractivity contribution is -0.137. The minimum absolute atomic E-state index is 0.0556. The number of nitrogens with one attached hydrogen (secondary N) is 1. The highest BCUT2D eigenvalue weighted by molar-refractivity contribution is 5.67. The summed E-state index contributed by atoms with van der Waals surface area (Å²) in [5.41, 5.74) is 0. The molecule has 0 fully saturated rings. The molecular formula is C18H29NO2. The summed E-state index contributed by atoms with van der Waals surface area (Å²) in [5.74, 6) is -0.724. The van der Waals surface area contributed by atoms with Gasteiger partial charge in [-0.25, -0.2) is 0 Å². The fraction of sp³-hybridized carbons (Fsp3) is 0.611. The van der Waals surface area contributed by atoms with Gasteiger partial charge >= 0.3 is 5.97 Å². The zero-order valence-electron chi connectivity index (χ0n) is 13.0. The quantitative estimate of drug-likeness (QED) is 0.749. The summed E-state index contributed by atoms with van der Waals surface area (Å²) >= 11 is 0. The molecule has 0 bridgehead atoms. The van der Waals surface area contributed by atoms with Crippen molar-refractivity contribution in [3.8, 4) is 0 Å². The highest BCUT2D eigenvalue weighted by Gasteiger charge is 2.10. The lowest BCUT2D eigenvalue weighted by Crippen LogP contribution is -2.31. The van der Waals surface area contributed by atoms with E-state index in [-0.39, 0.29) is 12.5 Å². The van der Waals surface area contributed by atoms with Crippen molar-refractivity contribution in [2.45, 2.75) is 63.8 Å². The average Bonchev–Trinajstić information content (AvgIpc) is 2.45. The normalized spacial score (nSPS) is 22.8. The standard InChI is InChI=1S/C18H29NO2/c20-18(21)16-17-14-12-10-8-6-4-2-1-3-5-7-9-11-13-15-19-17/h1,3-4,6,10,12,17,19H,2,5,7-9,11,13-16H2,(H,20,21). The van der Waals surface area contributed by atoms with Crippen molar-refractivity contribution in [1.29, 1.82) is 0 Å². The van der Waals surface area contributed by atoms with Crippen LogP contribution in [0.25, 0.3) is 0 Å². The molecule has 1 atom stereocenters. The third-order valence-electron chi connectivity index (χ3n) is 3.62. The zero-order valence-corrected chi connectivity index (χ0v) is 13.0. The van der Waals surface area contributed by atoms with Crippen LogP contribution in [0.1, 0.15) is 57.8 Å². The van der Waals surface area contributed by atoms with E-state index in [1.807, 2.05) is 0 Å². The molecule has 1 heterocycles. The lowest BCUT2D eigenvalue weighted by Gasteiger charge is -2.15. The number of carboxylic acids is 1. The summed E-state index contributed by atoms with van der Waals surface area (Å²) in [6.07, 6.45) is 22.0. The largest absolute Gasteiger partial charge is 0.481 e. The smallest absolute Gasteiger partial charge is 0.304 e. The van der Waals surface area contributed by atoms with Gasteiger partial charge in [-0.1, -0.05) is 49.3 Å². The van der Waals surface area contributed by atoms with Gasteiger partial charge in [0.1, 0.15) is 0 Å². The van der Waals surface area contributed by atoms with Gasteiger partial charge < -0.3 is 10.4 Å². The van der Waals surface area contributed by atoms with Crippen LogP contribution in [-0.4, -0.2) is 23.7 Å². The monoisotopic (exact) mass is 291 g/mol. The van der Waals surface area contributed by atoms with Crippen molar-refractivity contribution >= 4 is 5.97 Å². The summed E-state index contributed by atoms with van der Waals surface area (Å²) in [4.78, 5) is 10.9. The van der Waals surface area contributed by atoms with Gasteiger partial charge in [-0.2, -0.15) is 0 Å². The Bertz CT molecular complexity index is 358. The SMILES string of the molecule is O=C(O)CC1CC=CCC=CCC=CCCCCCCN1. The number of hydrogen-bond donors (Lipinski definition) is 2. The lowest BCUT2D eigenvalue weighted by atomic mass is 10.1. The summed E-state index contributed by atoms with van der Waals surface area (Å²) in [7, 11) is 0.